The average molecular weight is 438 g/mol. The molecule has 2 aromatic rings. The molecule has 0 spiro atoms. The molecule has 5 rings (SSSR count). The van der Waals surface area contributed by atoms with E-state index in [9.17, 15) is 14.4 Å². The number of fused-ring (bicyclic) bond motifs is 5. The second-order valence-corrected chi connectivity index (χ2v) is 9.14. The number of carbonyl (C=O) groups is 3. The number of amides is 2. The molecule has 1 saturated heterocycles. The number of imide groups is 1. The van der Waals surface area contributed by atoms with Gasteiger partial charge < -0.3 is 0 Å². The van der Waals surface area contributed by atoms with Gasteiger partial charge in [-0.25, -0.2) is 0 Å². The highest BCUT2D eigenvalue weighted by molar-refractivity contribution is 9.10. The molecule has 2 aromatic carbocycles. The molecule has 4 nitrogen and oxygen atoms in total. The van der Waals surface area contributed by atoms with Crippen LogP contribution in [0.3, 0.4) is 0 Å². The molecule has 5 heteroatoms. The van der Waals surface area contributed by atoms with Crippen LogP contribution in [0.15, 0.2) is 53.0 Å². The SMILES string of the molecule is CC(=O)c1ccc([C@@H]2C[C@H]3C[C@H]2[C@H]2C(=O)N(c4ccc(Br)cc4)C(=O)[C@H]32)cc1. The zero-order valence-corrected chi connectivity index (χ0v) is 17.1. The molecule has 1 heterocycles. The third-order valence-electron chi connectivity index (χ3n) is 6.85. The quantitative estimate of drug-likeness (QED) is 0.521. The van der Waals surface area contributed by atoms with Gasteiger partial charge in [0.15, 0.2) is 5.78 Å². The first-order valence-corrected chi connectivity index (χ1v) is 10.5. The maximum atomic E-state index is 13.2. The molecule has 3 fully saturated rings. The van der Waals surface area contributed by atoms with Crippen molar-refractivity contribution in [2.75, 3.05) is 4.90 Å². The van der Waals surface area contributed by atoms with E-state index in [4.69, 9.17) is 0 Å². The predicted molar refractivity (Wildman–Crippen MR) is 109 cm³/mol. The maximum Gasteiger partial charge on any atom is 0.237 e. The normalized spacial score (nSPS) is 30.8. The summed E-state index contributed by atoms with van der Waals surface area (Å²) >= 11 is 3.40. The summed E-state index contributed by atoms with van der Waals surface area (Å²) < 4.78 is 0.921. The summed E-state index contributed by atoms with van der Waals surface area (Å²) in [5, 5.41) is 0. The fraction of sp³-hybridized carbons (Fsp3) is 0.348. The van der Waals surface area contributed by atoms with Gasteiger partial charge in [0.2, 0.25) is 11.8 Å². The standard InChI is InChI=1S/C23H20BrNO3/c1-12(26)13-2-4-14(5-3-13)18-10-15-11-19(18)21-20(15)22(27)25(23(21)28)17-8-6-16(24)7-9-17/h2-9,15,18-21H,10-11H2,1H3/t15-,18-,19+,20+,21+/m0/s1. The van der Waals surface area contributed by atoms with Crippen molar-refractivity contribution in [1.29, 1.82) is 0 Å². The van der Waals surface area contributed by atoms with Crippen LogP contribution in [-0.4, -0.2) is 17.6 Å². The van der Waals surface area contributed by atoms with Gasteiger partial charge >= 0.3 is 0 Å². The third kappa shape index (κ3) is 2.52. The Labute approximate surface area is 172 Å². The number of hydrogen-bond donors (Lipinski definition) is 0. The zero-order valence-electron chi connectivity index (χ0n) is 15.5. The number of Topliss-reactive ketones (excluding diaryl/α,β-unsaturated/α-hetero) is 1. The Bertz CT molecular complexity index is 982. The number of hydrogen-bond acceptors (Lipinski definition) is 3. The van der Waals surface area contributed by atoms with Gasteiger partial charge in [-0.05, 0) is 67.3 Å². The van der Waals surface area contributed by atoms with Crippen molar-refractivity contribution in [1.82, 2.24) is 0 Å². The van der Waals surface area contributed by atoms with Gasteiger partial charge in [0, 0.05) is 10.0 Å². The summed E-state index contributed by atoms with van der Waals surface area (Å²) in [5.74, 6) is 0.348. The molecule has 28 heavy (non-hydrogen) atoms. The van der Waals surface area contributed by atoms with E-state index in [2.05, 4.69) is 15.9 Å². The van der Waals surface area contributed by atoms with E-state index >= 15 is 0 Å². The first-order chi connectivity index (χ1) is 13.5. The minimum Gasteiger partial charge on any atom is -0.295 e. The summed E-state index contributed by atoms with van der Waals surface area (Å²) in [6.45, 7) is 1.57. The van der Waals surface area contributed by atoms with E-state index in [1.165, 1.54) is 10.5 Å². The van der Waals surface area contributed by atoms with Crippen molar-refractivity contribution < 1.29 is 14.4 Å². The van der Waals surface area contributed by atoms with E-state index < -0.39 is 0 Å². The predicted octanol–water partition coefficient (Wildman–Crippen LogP) is 4.58. The Hall–Kier alpha value is -2.27. The molecule has 2 aliphatic carbocycles. The Morgan fingerprint density at radius 3 is 2.21 bits per heavy atom. The molecule has 142 valence electrons. The molecule has 3 aliphatic rings. The summed E-state index contributed by atoms with van der Waals surface area (Å²) in [6, 6.07) is 15.1. The number of carbonyl (C=O) groups excluding carboxylic acids is 3. The van der Waals surface area contributed by atoms with Crippen LogP contribution in [0.1, 0.15) is 41.6 Å². The second kappa shape index (κ2) is 6.38. The van der Waals surface area contributed by atoms with Gasteiger partial charge in [-0.2, -0.15) is 0 Å². The molecule has 0 unspecified atom stereocenters. The Balaban J connectivity index is 1.44. The van der Waals surface area contributed by atoms with Gasteiger partial charge in [0.05, 0.1) is 17.5 Å². The van der Waals surface area contributed by atoms with Gasteiger partial charge in [0.25, 0.3) is 0 Å². The molecular weight excluding hydrogens is 418 g/mol. The number of benzene rings is 2. The van der Waals surface area contributed by atoms with Crippen molar-refractivity contribution in [3.63, 3.8) is 0 Å². The summed E-state index contributed by atoms with van der Waals surface area (Å²) in [6.07, 6.45) is 1.89. The fourth-order valence-electron chi connectivity index (χ4n) is 5.65. The third-order valence-corrected chi connectivity index (χ3v) is 7.37. The van der Waals surface area contributed by atoms with Crippen LogP contribution >= 0.6 is 15.9 Å². The lowest BCUT2D eigenvalue weighted by atomic mass is 9.72. The van der Waals surface area contributed by atoms with E-state index in [1.54, 1.807) is 6.92 Å². The minimum atomic E-state index is -0.215. The molecule has 2 saturated carbocycles. The lowest BCUT2D eigenvalue weighted by molar-refractivity contribution is -0.123. The number of anilines is 1. The second-order valence-electron chi connectivity index (χ2n) is 8.22. The Kier molecular flexibility index (Phi) is 4.05. The van der Waals surface area contributed by atoms with Crippen molar-refractivity contribution in [2.45, 2.75) is 25.7 Å². The molecule has 0 radical (unpaired) electrons. The minimum absolute atomic E-state index is 0.0322. The van der Waals surface area contributed by atoms with Crippen molar-refractivity contribution in [2.24, 2.45) is 23.7 Å². The Morgan fingerprint density at radius 1 is 0.929 bits per heavy atom. The average Bonchev–Trinajstić information content (AvgIpc) is 3.34. The van der Waals surface area contributed by atoms with Crippen LogP contribution in [0.2, 0.25) is 0 Å². The largest absolute Gasteiger partial charge is 0.295 e. The van der Waals surface area contributed by atoms with Crippen LogP contribution in [-0.2, 0) is 9.59 Å². The molecule has 0 N–H and O–H groups in total. The van der Waals surface area contributed by atoms with Crippen LogP contribution in [0.4, 0.5) is 5.69 Å². The Morgan fingerprint density at radius 2 is 1.57 bits per heavy atom. The summed E-state index contributed by atoms with van der Waals surface area (Å²) in [5.41, 5.74) is 2.55. The van der Waals surface area contributed by atoms with Crippen molar-refractivity contribution >= 4 is 39.2 Å². The van der Waals surface area contributed by atoms with Crippen molar-refractivity contribution in [3.05, 3.63) is 64.1 Å². The number of rotatable bonds is 3. The topological polar surface area (TPSA) is 54.5 Å². The fourth-order valence-corrected chi connectivity index (χ4v) is 5.92. The highest BCUT2D eigenvalue weighted by Crippen LogP contribution is 2.61. The van der Waals surface area contributed by atoms with Crippen LogP contribution in [0.25, 0.3) is 0 Å². The van der Waals surface area contributed by atoms with E-state index in [1.807, 2.05) is 48.5 Å². The summed E-state index contributed by atoms with van der Waals surface area (Å²) in [4.78, 5) is 39.3. The molecule has 2 amide bonds. The molecule has 1 aliphatic heterocycles. The van der Waals surface area contributed by atoms with Gasteiger partial charge in [-0.15, -0.1) is 0 Å². The monoisotopic (exact) mass is 437 g/mol. The molecule has 2 bridgehead atoms. The first kappa shape index (κ1) is 17.8. The smallest absolute Gasteiger partial charge is 0.237 e. The van der Waals surface area contributed by atoms with Crippen LogP contribution < -0.4 is 4.90 Å². The lowest BCUT2D eigenvalue weighted by Crippen LogP contribution is -2.32. The molecular formula is C23H20BrNO3. The first-order valence-electron chi connectivity index (χ1n) is 9.70. The van der Waals surface area contributed by atoms with Crippen LogP contribution in [0, 0.1) is 23.7 Å². The maximum absolute atomic E-state index is 13.2. The van der Waals surface area contributed by atoms with Gasteiger partial charge in [0.1, 0.15) is 0 Å². The van der Waals surface area contributed by atoms with Gasteiger partial charge in [-0.1, -0.05) is 40.2 Å². The van der Waals surface area contributed by atoms with Gasteiger partial charge in [-0.3, -0.25) is 19.3 Å². The lowest BCUT2D eigenvalue weighted by Gasteiger charge is -2.29. The highest BCUT2D eigenvalue weighted by Gasteiger charge is 2.64. The summed E-state index contributed by atoms with van der Waals surface area (Å²) in [7, 11) is 0. The number of halogens is 1. The molecule has 0 aromatic heterocycles. The van der Waals surface area contributed by atoms with Crippen LogP contribution in [0.5, 0.6) is 0 Å². The number of ketones is 1. The molecule has 5 atom stereocenters. The van der Waals surface area contributed by atoms with E-state index in [0.29, 0.717) is 11.3 Å². The van der Waals surface area contributed by atoms with E-state index in [-0.39, 0.29) is 47.2 Å². The van der Waals surface area contributed by atoms with E-state index in [0.717, 1.165) is 17.3 Å². The van der Waals surface area contributed by atoms with Crippen molar-refractivity contribution in [3.8, 4) is 0 Å². The number of nitrogens with zero attached hydrogens (tertiary/aromatic N) is 1. The zero-order chi connectivity index (χ0) is 19.6. The highest BCUT2D eigenvalue weighted by atomic mass is 79.9.